The largest absolute Gasteiger partial charge is 0.315 e. The van der Waals surface area contributed by atoms with Gasteiger partial charge >= 0.3 is 0 Å². The van der Waals surface area contributed by atoms with Crippen LogP contribution in [-0.2, 0) is 6.54 Å². The fourth-order valence-electron chi connectivity index (χ4n) is 3.45. The van der Waals surface area contributed by atoms with Gasteiger partial charge in [-0.15, -0.1) is 0 Å². The third-order valence-electron chi connectivity index (χ3n) is 4.40. The molecular weight excluding hydrogens is 274 g/mol. The van der Waals surface area contributed by atoms with Crippen LogP contribution in [-0.4, -0.2) is 45.2 Å². The lowest BCUT2D eigenvalue weighted by atomic mass is 9.92. The second kappa shape index (κ2) is 4.91. The maximum absolute atomic E-state index is 12.0. The summed E-state index contributed by atoms with van der Waals surface area (Å²) in [7, 11) is 0. The fourth-order valence-corrected chi connectivity index (χ4v) is 4.09. The van der Waals surface area contributed by atoms with E-state index < -0.39 is 0 Å². The predicted molar refractivity (Wildman–Crippen MR) is 76.9 cm³/mol. The highest BCUT2D eigenvalue weighted by atomic mass is 32.1. The van der Waals surface area contributed by atoms with E-state index in [1.165, 1.54) is 28.7 Å². The smallest absolute Gasteiger partial charge is 0.275 e. The summed E-state index contributed by atoms with van der Waals surface area (Å²) in [5.74, 6) is 0.761. The number of hydrogen-bond donors (Lipinski definition) is 1. The van der Waals surface area contributed by atoms with Crippen LogP contribution in [0.3, 0.4) is 0 Å². The van der Waals surface area contributed by atoms with Crippen molar-refractivity contribution in [3.05, 3.63) is 27.6 Å². The van der Waals surface area contributed by atoms with Gasteiger partial charge in [0.15, 0.2) is 0 Å². The third kappa shape index (κ3) is 2.06. The van der Waals surface area contributed by atoms with E-state index >= 15 is 0 Å². The van der Waals surface area contributed by atoms with Crippen molar-refractivity contribution in [3.8, 4) is 0 Å². The highest BCUT2D eigenvalue weighted by molar-refractivity contribution is 7.14. The van der Waals surface area contributed by atoms with Crippen LogP contribution in [0.2, 0.25) is 0 Å². The molecule has 0 bridgehead atoms. The first-order valence-electron chi connectivity index (χ1n) is 7.08. The van der Waals surface area contributed by atoms with Gasteiger partial charge in [-0.2, -0.15) is 9.61 Å². The fraction of sp³-hybridized carbons (Fsp3) is 0.615. The first-order valence-corrected chi connectivity index (χ1v) is 7.96. The van der Waals surface area contributed by atoms with E-state index in [-0.39, 0.29) is 5.56 Å². The molecule has 2 atom stereocenters. The molecule has 2 saturated heterocycles. The second-order valence-corrected chi connectivity index (χ2v) is 6.43. The Morgan fingerprint density at radius 3 is 3.35 bits per heavy atom. The zero-order chi connectivity index (χ0) is 13.5. The topological polar surface area (TPSA) is 62.5 Å². The van der Waals surface area contributed by atoms with E-state index in [9.17, 15) is 4.79 Å². The van der Waals surface area contributed by atoms with Crippen LogP contribution >= 0.6 is 11.3 Å². The molecule has 2 unspecified atom stereocenters. The molecule has 2 aromatic rings. The molecule has 0 spiro atoms. The Hall–Kier alpha value is -1.31. The van der Waals surface area contributed by atoms with E-state index in [0.717, 1.165) is 37.8 Å². The lowest BCUT2D eigenvalue weighted by Gasteiger charge is -2.36. The normalized spacial score (nSPS) is 27.0. The molecule has 4 heterocycles. The second-order valence-electron chi connectivity index (χ2n) is 5.62. The molecule has 0 amide bonds. The first-order chi connectivity index (χ1) is 9.81. The Labute approximate surface area is 120 Å². The number of piperidine rings is 1. The van der Waals surface area contributed by atoms with Crippen LogP contribution in [0, 0.1) is 5.92 Å². The monoisotopic (exact) mass is 291 g/mol. The van der Waals surface area contributed by atoms with E-state index in [2.05, 4.69) is 20.3 Å². The molecule has 0 aromatic carbocycles. The number of fused-ring (bicyclic) bond motifs is 2. The quantitative estimate of drug-likeness (QED) is 0.864. The minimum absolute atomic E-state index is 0.0793. The zero-order valence-electron chi connectivity index (χ0n) is 11.2. The van der Waals surface area contributed by atoms with Crippen LogP contribution in [0.4, 0.5) is 0 Å². The molecule has 2 aliphatic rings. The Balaban J connectivity index is 1.61. The van der Waals surface area contributed by atoms with Crippen molar-refractivity contribution in [3.63, 3.8) is 0 Å². The molecular formula is C13H17N5OS. The Morgan fingerprint density at radius 2 is 2.40 bits per heavy atom. The van der Waals surface area contributed by atoms with Gasteiger partial charge in [0.1, 0.15) is 5.51 Å². The average Bonchev–Trinajstić information content (AvgIpc) is 3.06. The van der Waals surface area contributed by atoms with E-state index in [4.69, 9.17) is 0 Å². The first kappa shape index (κ1) is 12.4. The van der Waals surface area contributed by atoms with Gasteiger partial charge in [0, 0.05) is 25.2 Å². The van der Waals surface area contributed by atoms with Gasteiger partial charge < -0.3 is 5.32 Å². The predicted octanol–water partition coefficient (Wildman–Crippen LogP) is 0.335. The van der Waals surface area contributed by atoms with Gasteiger partial charge in [0.05, 0.1) is 5.69 Å². The van der Waals surface area contributed by atoms with Gasteiger partial charge in [-0.3, -0.25) is 9.69 Å². The minimum atomic E-state index is -0.0793. The molecule has 0 saturated carbocycles. The van der Waals surface area contributed by atoms with E-state index in [0.29, 0.717) is 11.0 Å². The standard InChI is InChI=1S/C13H17N5OS/c19-12-4-10(16-13-18(12)15-8-20-13)7-17-3-1-2-9-5-14-6-11(9)17/h4,8-9,11,14H,1-3,5-7H2. The molecule has 106 valence electrons. The Morgan fingerprint density at radius 1 is 1.45 bits per heavy atom. The van der Waals surface area contributed by atoms with Crippen molar-refractivity contribution < 1.29 is 0 Å². The number of likely N-dealkylation sites (tertiary alicyclic amines) is 1. The zero-order valence-corrected chi connectivity index (χ0v) is 12.0. The molecule has 0 aliphatic carbocycles. The summed E-state index contributed by atoms with van der Waals surface area (Å²) in [5.41, 5.74) is 2.45. The molecule has 4 rings (SSSR count). The van der Waals surface area contributed by atoms with Crippen molar-refractivity contribution >= 4 is 16.3 Å². The van der Waals surface area contributed by atoms with E-state index in [1.54, 1.807) is 11.6 Å². The summed E-state index contributed by atoms with van der Waals surface area (Å²) in [6.45, 7) is 4.07. The Kier molecular flexibility index (Phi) is 3.05. The van der Waals surface area contributed by atoms with Gasteiger partial charge in [-0.25, -0.2) is 4.98 Å². The Bertz CT molecular complexity index is 681. The van der Waals surface area contributed by atoms with Gasteiger partial charge in [-0.05, 0) is 31.8 Å². The summed E-state index contributed by atoms with van der Waals surface area (Å²) >= 11 is 1.41. The van der Waals surface area contributed by atoms with Crippen molar-refractivity contribution in [2.45, 2.75) is 25.4 Å². The summed E-state index contributed by atoms with van der Waals surface area (Å²) in [6.07, 6.45) is 2.56. The number of rotatable bonds is 2. The minimum Gasteiger partial charge on any atom is -0.315 e. The average molecular weight is 291 g/mol. The summed E-state index contributed by atoms with van der Waals surface area (Å²) in [6, 6.07) is 2.23. The SMILES string of the molecule is O=c1cc(CN2CCCC3CNCC32)nc2scnn12. The maximum Gasteiger partial charge on any atom is 0.275 e. The molecule has 2 aromatic heterocycles. The lowest BCUT2D eigenvalue weighted by molar-refractivity contribution is 0.116. The van der Waals surface area contributed by atoms with Crippen LogP contribution in [0.25, 0.3) is 4.96 Å². The van der Waals surface area contributed by atoms with Crippen molar-refractivity contribution in [2.75, 3.05) is 19.6 Å². The van der Waals surface area contributed by atoms with Gasteiger partial charge in [0.25, 0.3) is 5.56 Å². The molecule has 2 fully saturated rings. The van der Waals surface area contributed by atoms with Gasteiger partial charge in [0.2, 0.25) is 4.96 Å². The molecule has 1 N–H and O–H groups in total. The molecule has 0 radical (unpaired) electrons. The number of hydrogen-bond acceptors (Lipinski definition) is 6. The highest BCUT2D eigenvalue weighted by Gasteiger charge is 2.34. The molecule has 7 heteroatoms. The van der Waals surface area contributed by atoms with Crippen LogP contribution < -0.4 is 10.9 Å². The highest BCUT2D eigenvalue weighted by Crippen LogP contribution is 2.27. The molecule has 2 aliphatic heterocycles. The number of nitrogens with one attached hydrogen (secondary N) is 1. The number of aromatic nitrogens is 3. The van der Waals surface area contributed by atoms with Crippen molar-refractivity contribution in [1.82, 2.24) is 24.8 Å². The van der Waals surface area contributed by atoms with E-state index in [1.807, 2.05) is 0 Å². The van der Waals surface area contributed by atoms with Gasteiger partial charge in [-0.1, -0.05) is 11.3 Å². The maximum atomic E-state index is 12.0. The lowest BCUT2D eigenvalue weighted by Crippen LogP contribution is -2.44. The molecule has 6 nitrogen and oxygen atoms in total. The van der Waals surface area contributed by atoms with Crippen molar-refractivity contribution in [2.24, 2.45) is 5.92 Å². The summed E-state index contributed by atoms with van der Waals surface area (Å²) in [4.78, 5) is 19.7. The molecule has 20 heavy (non-hydrogen) atoms. The van der Waals surface area contributed by atoms with Crippen LogP contribution in [0.1, 0.15) is 18.5 Å². The van der Waals surface area contributed by atoms with Crippen LogP contribution in [0.5, 0.6) is 0 Å². The third-order valence-corrected chi connectivity index (χ3v) is 5.07. The van der Waals surface area contributed by atoms with Crippen LogP contribution in [0.15, 0.2) is 16.4 Å². The number of nitrogens with zero attached hydrogens (tertiary/aromatic N) is 4. The summed E-state index contributed by atoms with van der Waals surface area (Å²) < 4.78 is 1.37. The summed E-state index contributed by atoms with van der Waals surface area (Å²) in [5, 5.41) is 7.48. The van der Waals surface area contributed by atoms with Crippen molar-refractivity contribution in [1.29, 1.82) is 0 Å².